The van der Waals surface area contributed by atoms with Gasteiger partial charge in [-0.05, 0) is 36.6 Å². The van der Waals surface area contributed by atoms with Crippen LogP contribution in [0.5, 0.6) is 0 Å². The Morgan fingerprint density at radius 3 is 2.19 bits per heavy atom. The average Bonchev–Trinajstić information content (AvgIpc) is 2.55. The lowest BCUT2D eigenvalue weighted by Gasteiger charge is -2.18. The zero-order valence-corrected chi connectivity index (χ0v) is 13.0. The lowest BCUT2D eigenvalue weighted by molar-refractivity contribution is 0.136. The summed E-state index contributed by atoms with van der Waals surface area (Å²) in [5.41, 5.74) is 3.86. The van der Waals surface area contributed by atoms with E-state index in [2.05, 4.69) is 60.8 Å². The van der Waals surface area contributed by atoms with Gasteiger partial charge < -0.3 is 10.1 Å². The molecule has 0 radical (unpaired) electrons. The largest absolute Gasteiger partial charge is 0.382 e. The summed E-state index contributed by atoms with van der Waals surface area (Å²) < 4.78 is 5.48. The summed E-state index contributed by atoms with van der Waals surface area (Å²) in [6.45, 7) is 6.74. The number of nitrogens with one attached hydrogen (secondary N) is 1. The lowest BCUT2D eigenvalue weighted by atomic mass is 9.99. The van der Waals surface area contributed by atoms with Gasteiger partial charge in [-0.3, -0.25) is 0 Å². The molecule has 1 unspecified atom stereocenters. The molecule has 0 aliphatic carbocycles. The molecule has 1 atom stereocenters. The molecule has 0 saturated heterocycles. The number of ether oxygens (including phenoxy) is 1. The van der Waals surface area contributed by atoms with Crippen LogP contribution in [0.2, 0.25) is 0 Å². The molecule has 0 aromatic heterocycles. The number of rotatable bonds is 8. The van der Waals surface area contributed by atoms with Crippen LogP contribution in [0.25, 0.3) is 11.1 Å². The summed E-state index contributed by atoms with van der Waals surface area (Å²) in [6.07, 6.45) is 1.01. The molecule has 0 bridgehead atoms. The van der Waals surface area contributed by atoms with Crippen molar-refractivity contribution >= 4 is 0 Å². The van der Waals surface area contributed by atoms with E-state index in [9.17, 15) is 0 Å². The predicted octanol–water partition coefficient (Wildman–Crippen LogP) is 4.43. The summed E-state index contributed by atoms with van der Waals surface area (Å²) in [6, 6.07) is 19.7. The number of benzene rings is 2. The van der Waals surface area contributed by atoms with Gasteiger partial charge in [-0.15, -0.1) is 0 Å². The number of hydrogen-bond acceptors (Lipinski definition) is 2. The van der Waals surface area contributed by atoms with Crippen LogP contribution in [-0.4, -0.2) is 19.8 Å². The molecule has 112 valence electrons. The average molecular weight is 283 g/mol. The van der Waals surface area contributed by atoms with Gasteiger partial charge in [-0.2, -0.15) is 0 Å². The van der Waals surface area contributed by atoms with E-state index in [0.717, 1.165) is 26.2 Å². The molecular formula is C19H25NO. The Hall–Kier alpha value is -1.64. The highest BCUT2D eigenvalue weighted by Gasteiger charge is 2.10. The summed E-state index contributed by atoms with van der Waals surface area (Å²) in [5, 5.41) is 3.54. The molecule has 2 aromatic carbocycles. The highest BCUT2D eigenvalue weighted by atomic mass is 16.5. The van der Waals surface area contributed by atoms with Crippen molar-refractivity contribution in [3.05, 3.63) is 60.2 Å². The van der Waals surface area contributed by atoms with E-state index >= 15 is 0 Å². The molecule has 2 aromatic rings. The Balaban J connectivity index is 2.08. The second-order valence-electron chi connectivity index (χ2n) is 5.08. The molecule has 0 aliphatic heterocycles. The maximum Gasteiger partial charge on any atom is 0.0484 e. The first kappa shape index (κ1) is 15.7. The third-order valence-corrected chi connectivity index (χ3v) is 3.63. The van der Waals surface area contributed by atoms with Crippen molar-refractivity contribution in [2.24, 2.45) is 0 Å². The quantitative estimate of drug-likeness (QED) is 0.724. The van der Waals surface area contributed by atoms with Crippen LogP contribution in [0.3, 0.4) is 0 Å². The van der Waals surface area contributed by atoms with Crippen molar-refractivity contribution in [3.63, 3.8) is 0 Å². The predicted molar refractivity (Wildman–Crippen MR) is 89.4 cm³/mol. The van der Waals surface area contributed by atoms with Gasteiger partial charge in [0.1, 0.15) is 0 Å². The smallest absolute Gasteiger partial charge is 0.0484 e. The second kappa shape index (κ2) is 8.60. The normalized spacial score (nSPS) is 12.3. The summed E-state index contributed by atoms with van der Waals surface area (Å²) >= 11 is 0. The maximum atomic E-state index is 5.48. The van der Waals surface area contributed by atoms with Gasteiger partial charge in [-0.25, -0.2) is 0 Å². The molecule has 0 aliphatic rings. The lowest BCUT2D eigenvalue weighted by Crippen LogP contribution is -2.22. The van der Waals surface area contributed by atoms with Gasteiger partial charge in [0.05, 0.1) is 0 Å². The molecule has 0 amide bonds. The van der Waals surface area contributed by atoms with Gasteiger partial charge >= 0.3 is 0 Å². The van der Waals surface area contributed by atoms with E-state index in [1.807, 2.05) is 13.0 Å². The first-order chi connectivity index (χ1) is 10.3. The Morgan fingerprint density at radius 2 is 1.57 bits per heavy atom. The van der Waals surface area contributed by atoms with Crippen molar-refractivity contribution in [1.29, 1.82) is 0 Å². The topological polar surface area (TPSA) is 21.3 Å². The summed E-state index contributed by atoms with van der Waals surface area (Å²) in [7, 11) is 0. The fraction of sp³-hybridized carbons (Fsp3) is 0.368. The molecule has 1 N–H and O–H groups in total. The Bertz CT molecular complexity index is 507. The van der Waals surface area contributed by atoms with Crippen LogP contribution < -0.4 is 5.32 Å². The fourth-order valence-corrected chi connectivity index (χ4v) is 2.52. The van der Waals surface area contributed by atoms with E-state index in [0.29, 0.717) is 6.04 Å². The van der Waals surface area contributed by atoms with Gasteiger partial charge in [0, 0.05) is 19.3 Å². The SMILES string of the molecule is CCNC(CCOCC)c1ccc(-c2ccccc2)cc1. The van der Waals surface area contributed by atoms with Crippen molar-refractivity contribution in [2.45, 2.75) is 26.3 Å². The van der Waals surface area contributed by atoms with E-state index in [1.54, 1.807) is 0 Å². The van der Waals surface area contributed by atoms with Crippen molar-refractivity contribution < 1.29 is 4.74 Å². The number of hydrogen-bond donors (Lipinski definition) is 1. The summed E-state index contributed by atoms with van der Waals surface area (Å²) in [5.74, 6) is 0. The van der Waals surface area contributed by atoms with Gasteiger partial charge in [0.2, 0.25) is 0 Å². The maximum absolute atomic E-state index is 5.48. The van der Waals surface area contributed by atoms with E-state index in [1.165, 1.54) is 16.7 Å². The Kier molecular flexibility index (Phi) is 6.45. The molecule has 2 heteroatoms. The fourth-order valence-electron chi connectivity index (χ4n) is 2.52. The highest BCUT2D eigenvalue weighted by molar-refractivity contribution is 5.63. The van der Waals surface area contributed by atoms with E-state index in [-0.39, 0.29) is 0 Å². The molecule has 21 heavy (non-hydrogen) atoms. The minimum atomic E-state index is 0.367. The molecule has 2 nitrogen and oxygen atoms in total. The minimum absolute atomic E-state index is 0.367. The first-order valence-electron chi connectivity index (χ1n) is 7.81. The minimum Gasteiger partial charge on any atom is -0.382 e. The summed E-state index contributed by atoms with van der Waals surface area (Å²) in [4.78, 5) is 0. The van der Waals surface area contributed by atoms with Crippen LogP contribution in [0.4, 0.5) is 0 Å². The zero-order valence-electron chi connectivity index (χ0n) is 13.0. The molecule has 0 heterocycles. The molecule has 0 saturated carbocycles. The van der Waals surface area contributed by atoms with Gasteiger partial charge in [0.25, 0.3) is 0 Å². The van der Waals surface area contributed by atoms with Crippen molar-refractivity contribution in [3.8, 4) is 11.1 Å². The second-order valence-corrected chi connectivity index (χ2v) is 5.08. The van der Waals surface area contributed by atoms with Crippen LogP contribution in [0.1, 0.15) is 31.9 Å². The van der Waals surface area contributed by atoms with Gasteiger partial charge in [0.15, 0.2) is 0 Å². The van der Waals surface area contributed by atoms with E-state index < -0.39 is 0 Å². The molecule has 0 spiro atoms. The monoisotopic (exact) mass is 283 g/mol. The van der Waals surface area contributed by atoms with Crippen LogP contribution in [-0.2, 0) is 4.74 Å². The molecule has 0 fully saturated rings. The molecule has 2 rings (SSSR count). The zero-order chi connectivity index (χ0) is 14.9. The van der Waals surface area contributed by atoms with Crippen LogP contribution in [0.15, 0.2) is 54.6 Å². The first-order valence-corrected chi connectivity index (χ1v) is 7.81. The van der Waals surface area contributed by atoms with Gasteiger partial charge in [-0.1, -0.05) is 61.5 Å². The molecular weight excluding hydrogens is 258 g/mol. The standard InChI is InChI=1S/C19H25NO/c1-3-20-19(14-15-21-4-2)18-12-10-17(11-13-18)16-8-6-5-7-9-16/h5-13,19-20H,3-4,14-15H2,1-2H3. The Labute approximate surface area is 128 Å². The highest BCUT2D eigenvalue weighted by Crippen LogP contribution is 2.23. The van der Waals surface area contributed by atoms with Crippen LogP contribution >= 0.6 is 0 Å². The van der Waals surface area contributed by atoms with Crippen LogP contribution in [0, 0.1) is 0 Å². The van der Waals surface area contributed by atoms with Crippen molar-refractivity contribution in [2.75, 3.05) is 19.8 Å². The third-order valence-electron chi connectivity index (χ3n) is 3.63. The van der Waals surface area contributed by atoms with E-state index in [4.69, 9.17) is 4.74 Å². The third kappa shape index (κ3) is 4.69. The Morgan fingerprint density at radius 1 is 0.905 bits per heavy atom. The van der Waals surface area contributed by atoms with Crippen molar-refractivity contribution in [1.82, 2.24) is 5.32 Å².